The Balaban J connectivity index is 4.06. The molecule has 0 amide bonds. The molecule has 1 N–H and O–H groups in total. The molecule has 0 aromatic rings. The zero-order chi connectivity index (χ0) is 8.91. The number of amidine groups is 1. The number of nitrogens with zero attached hydrogens (tertiary/aromatic N) is 2. The highest BCUT2D eigenvalue weighted by Gasteiger charge is 2.13. The first kappa shape index (κ1) is 10.3. The third kappa shape index (κ3) is 4.70. The molecule has 0 fully saturated rings. The van der Waals surface area contributed by atoms with E-state index in [0.717, 1.165) is 0 Å². The van der Waals surface area contributed by atoms with Gasteiger partial charge in [0.1, 0.15) is 0 Å². The van der Waals surface area contributed by atoms with Crippen LogP contribution in [-0.2, 0) is 0 Å². The van der Waals surface area contributed by atoms with Gasteiger partial charge in [-0.2, -0.15) is 0 Å². The molecule has 1 atom stereocenters. The number of halogens is 1. The van der Waals surface area contributed by atoms with Crippen molar-refractivity contribution in [3.63, 3.8) is 0 Å². The summed E-state index contributed by atoms with van der Waals surface area (Å²) in [5, 5.41) is 9.37. The summed E-state index contributed by atoms with van der Waals surface area (Å²) < 4.78 is 0. The van der Waals surface area contributed by atoms with Crippen LogP contribution in [0.3, 0.4) is 0 Å². The third-order valence-electron chi connectivity index (χ3n) is 1.10. The van der Waals surface area contributed by atoms with Gasteiger partial charge >= 0.3 is 0 Å². The van der Waals surface area contributed by atoms with Crippen LogP contribution in [0, 0.1) is 0 Å². The van der Waals surface area contributed by atoms with Gasteiger partial charge in [-0.15, -0.1) is 6.58 Å². The zero-order valence-electron chi connectivity index (χ0n) is 6.42. The summed E-state index contributed by atoms with van der Waals surface area (Å²) in [6.45, 7) is 8.32. The quantitative estimate of drug-likeness (QED) is 0.297. The molecule has 0 rings (SSSR count). The summed E-state index contributed by atoms with van der Waals surface area (Å²) in [6, 6.07) is 0. The molecule has 0 radical (unpaired) electrons. The summed E-state index contributed by atoms with van der Waals surface area (Å²) in [5.74, 6) is 0. The molecule has 0 saturated carbocycles. The predicted molar refractivity (Wildman–Crippen MR) is 48.5 cm³/mol. The smallest absolute Gasteiger partial charge is 0.217 e. The van der Waals surface area contributed by atoms with Crippen molar-refractivity contribution in [2.75, 3.05) is 6.54 Å². The van der Waals surface area contributed by atoms with Crippen molar-refractivity contribution in [2.24, 2.45) is 9.98 Å². The molecule has 62 valence electrons. The van der Waals surface area contributed by atoms with Crippen molar-refractivity contribution in [3.05, 3.63) is 12.7 Å². The number of rotatable bonds is 3. The average molecular weight is 175 g/mol. The fraction of sp³-hybridized carbons (Fsp3) is 0.429. The summed E-state index contributed by atoms with van der Waals surface area (Å²) in [4.78, 5) is 7.06. The highest BCUT2D eigenvalue weighted by molar-refractivity contribution is 6.65. The van der Waals surface area contributed by atoms with Crippen LogP contribution in [0.4, 0.5) is 0 Å². The lowest BCUT2D eigenvalue weighted by Gasteiger charge is -2.14. The van der Waals surface area contributed by atoms with Crippen LogP contribution in [0.25, 0.3) is 0 Å². The zero-order valence-corrected chi connectivity index (χ0v) is 7.17. The predicted octanol–water partition coefficient (Wildman–Crippen LogP) is 1.22. The Morgan fingerprint density at radius 1 is 1.82 bits per heavy atom. The van der Waals surface area contributed by atoms with E-state index in [2.05, 4.69) is 23.3 Å². The minimum Gasteiger partial charge on any atom is -0.384 e. The lowest BCUT2D eigenvalue weighted by molar-refractivity contribution is 0.122. The van der Waals surface area contributed by atoms with Crippen molar-refractivity contribution in [1.82, 2.24) is 0 Å². The molecular formula is C7H11ClN2O. The average Bonchev–Trinajstić information content (AvgIpc) is 2.00. The molecule has 3 nitrogen and oxygen atoms in total. The van der Waals surface area contributed by atoms with Gasteiger partial charge in [-0.1, -0.05) is 6.08 Å². The van der Waals surface area contributed by atoms with Crippen molar-refractivity contribution < 1.29 is 5.11 Å². The summed E-state index contributed by atoms with van der Waals surface area (Å²) in [5.41, 5.74) is -1.02. The van der Waals surface area contributed by atoms with Crippen LogP contribution in [0.1, 0.15) is 6.92 Å². The first-order valence-electron chi connectivity index (χ1n) is 3.04. The highest BCUT2D eigenvalue weighted by atomic mass is 35.5. The van der Waals surface area contributed by atoms with Gasteiger partial charge in [-0.25, -0.2) is 4.99 Å². The maximum absolute atomic E-state index is 9.32. The van der Waals surface area contributed by atoms with Crippen molar-refractivity contribution >= 4 is 23.6 Å². The summed E-state index contributed by atoms with van der Waals surface area (Å²) in [7, 11) is 0. The Morgan fingerprint density at radius 3 is 2.73 bits per heavy atom. The molecule has 0 aliphatic heterocycles. The maximum Gasteiger partial charge on any atom is 0.217 e. The Morgan fingerprint density at radius 2 is 2.36 bits per heavy atom. The van der Waals surface area contributed by atoms with Crippen LogP contribution in [-0.4, -0.2) is 29.3 Å². The molecule has 1 unspecified atom stereocenters. The van der Waals surface area contributed by atoms with Crippen LogP contribution in [0.2, 0.25) is 0 Å². The minimum atomic E-state index is -1.02. The van der Waals surface area contributed by atoms with Crippen LogP contribution < -0.4 is 0 Å². The van der Waals surface area contributed by atoms with Crippen molar-refractivity contribution in [2.45, 2.75) is 12.5 Å². The first-order valence-corrected chi connectivity index (χ1v) is 3.42. The van der Waals surface area contributed by atoms with Gasteiger partial charge in [-0.3, -0.25) is 4.99 Å². The Kier molecular flexibility index (Phi) is 4.00. The van der Waals surface area contributed by atoms with Crippen molar-refractivity contribution in [1.29, 1.82) is 0 Å². The topological polar surface area (TPSA) is 45.0 Å². The Bertz CT molecular complexity index is 187. The number of hydrogen-bond acceptors (Lipinski definition) is 2. The first-order chi connectivity index (χ1) is 5.02. The molecule has 0 aromatic carbocycles. The van der Waals surface area contributed by atoms with Gasteiger partial charge in [0.15, 0.2) is 0 Å². The van der Waals surface area contributed by atoms with E-state index in [1.807, 2.05) is 0 Å². The van der Waals surface area contributed by atoms with Gasteiger partial charge < -0.3 is 5.11 Å². The fourth-order valence-corrected chi connectivity index (χ4v) is 0.400. The Hall–Kier alpha value is -0.670. The second-order valence-corrected chi connectivity index (χ2v) is 2.64. The minimum absolute atomic E-state index is 0.0483. The maximum atomic E-state index is 9.32. The highest BCUT2D eigenvalue weighted by Crippen LogP contribution is 2.04. The third-order valence-corrected chi connectivity index (χ3v) is 1.34. The van der Waals surface area contributed by atoms with Crippen LogP contribution >= 0.6 is 11.6 Å². The van der Waals surface area contributed by atoms with E-state index in [1.54, 1.807) is 6.92 Å². The van der Waals surface area contributed by atoms with Gasteiger partial charge in [-0.05, 0) is 25.2 Å². The number of aliphatic hydroxyl groups is 1. The van der Waals surface area contributed by atoms with Crippen molar-refractivity contribution in [3.8, 4) is 0 Å². The molecule has 0 aliphatic carbocycles. The molecule has 0 aliphatic rings. The molecule has 0 spiro atoms. The summed E-state index contributed by atoms with van der Waals surface area (Å²) in [6.07, 6.45) is 1.39. The van der Waals surface area contributed by atoms with E-state index in [9.17, 15) is 5.11 Å². The van der Waals surface area contributed by atoms with Gasteiger partial charge in [0.25, 0.3) is 0 Å². The van der Waals surface area contributed by atoms with Gasteiger partial charge in [0, 0.05) is 0 Å². The van der Waals surface area contributed by atoms with E-state index in [-0.39, 0.29) is 11.8 Å². The van der Waals surface area contributed by atoms with E-state index >= 15 is 0 Å². The molecule has 4 heteroatoms. The second kappa shape index (κ2) is 4.26. The van der Waals surface area contributed by atoms with Gasteiger partial charge in [0.05, 0.1) is 12.1 Å². The monoisotopic (exact) mass is 174 g/mol. The Labute approximate surface area is 71.1 Å². The van der Waals surface area contributed by atoms with Crippen LogP contribution in [0.5, 0.6) is 0 Å². The molecule has 0 aromatic heterocycles. The van der Waals surface area contributed by atoms with Crippen LogP contribution in [0.15, 0.2) is 22.6 Å². The van der Waals surface area contributed by atoms with E-state index in [4.69, 9.17) is 11.6 Å². The SMILES string of the molecule is C=CC(C)(O)C/N=C(/Cl)N=C. The second-order valence-electron chi connectivity index (χ2n) is 2.30. The molecule has 0 bridgehead atoms. The molecule has 0 saturated heterocycles. The van der Waals surface area contributed by atoms with E-state index in [1.165, 1.54) is 6.08 Å². The van der Waals surface area contributed by atoms with Gasteiger partial charge in [0.2, 0.25) is 5.29 Å². The lowest BCUT2D eigenvalue weighted by Crippen LogP contribution is -2.24. The summed E-state index contributed by atoms with van der Waals surface area (Å²) >= 11 is 5.40. The fourth-order valence-electron chi connectivity index (χ4n) is 0.340. The number of aliphatic imine (C=N–C) groups is 2. The van der Waals surface area contributed by atoms with E-state index < -0.39 is 5.60 Å². The normalized spacial score (nSPS) is 17.2. The van der Waals surface area contributed by atoms with E-state index in [0.29, 0.717) is 0 Å². The lowest BCUT2D eigenvalue weighted by atomic mass is 10.1. The molecule has 11 heavy (non-hydrogen) atoms. The molecule has 0 heterocycles. The standard InChI is InChI=1S/C7H11ClN2O/c1-4-7(2,11)5-10-6(8)9-3/h4,11H,1,3,5H2,2H3/b10-6-. The molecular weight excluding hydrogens is 164 g/mol. The largest absolute Gasteiger partial charge is 0.384 e. The number of hydrogen-bond donors (Lipinski definition) is 1.